The molecule has 0 atom stereocenters. The minimum atomic E-state index is -1.84. The first-order valence-corrected chi connectivity index (χ1v) is 4.00. The van der Waals surface area contributed by atoms with Gasteiger partial charge in [-0.05, 0) is 0 Å². The van der Waals surface area contributed by atoms with Crippen molar-refractivity contribution in [1.82, 2.24) is 0 Å². The van der Waals surface area contributed by atoms with Crippen molar-refractivity contribution in [3.05, 3.63) is 34.9 Å². The highest BCUT2D eigenvalue weighted by molar-refractivity contribution is 9.08. The van der Waals surface area contributed by atoms with Gasteiger partial charge >= 0.3 is 0 Å². The molecule has 0 aliphatic carbocycles. The van der Waals surface area contributed by atoms with E-state index in [2.05, 4.69) is 15.9 Å². The molecule has 0 saturated heterocycles. The smallest absolute Gasteiger partial charge is 0.198 e. The van der Waals surface area contributed by atoms with E-state index in [9.17, 15) is 17.6 Å². The Balaban J connectivity index is 3.39. The number of hydrogen-bond donors (Lipinski definition) is 0. The van der Waals surface area contributed by atoms with Crippen LogP contribution in [0.3, 0.4) is 0 Å². The third-order valence-corrected chi connectivity index (χ3v) is 1.80. The van der Waals surface area contributed by atoms with Gasteiger partial charge in [-0.3, -0.25) is 0 Å². The molecule has 0 aliphatic rings. The molecule has 0 spiro atoms. The molecule has 5 heteroatoms. The third-order valence-electron chi connectivity index (χ3n) is 1.24. The van der Waals surface area contributed by atoms with Gasteiger partial charge < -0.3 is 0 Å². The van der Waals surface area contributed by atoms with Gasteiger partial charge in [0.1, 0.15) is 0 Å². The Kier molecular flexibility index (Phi) is 2.72. The minimum absolute atomic E-state index is 0.118. The van der Waals surface area contributed by atoms with Crippen LogP contribution < -0.4 is 0 Å². The summed E-state index contributed by atoms with van der Waals surface area (Å²) in [5, 5.41) is -0.118. The predicted octanol–water partition coefficient (Wildman–Crippen LogP) is 2.94. The lowest BCUT2D eigenvalue weighted by Crippen LogP contribution is -2.00. The van der Waals surface area contributed by atoms with Crippen molar-refractivity contribution in [2.45, 2.75) is 5.33 Å². The van der Waals surface area contributed by atoms with E-state index >= 15 is 0 Å². The van der Waals surface area contributed by atoms with Gasteiger partial charge in [-0.15, -0.1) is 0 Å². The Bertz CT molecular complexity index is 311. The molecule has 0 aromatic heterocycles. The van der Waals surface area contributed by atoms with Crippen molar-refractivity contribution in [2.24, 2.45) is 0 Å². The van der Waals surface area contributed by atoms with E-state index in [1.54, 1.807) is 6.07 Å². The van der Waals surface area contributed by atoms with E-state index in [4.69, 9.17) is 0 Å². The van der Waals surface area contributed by atoms with Crippen LogP contribution in [-0.2, 0) is 5.33 Å². The van der Waals surface area contributed by atoms with Crippen molar-refractivity contribution >= 4 is 15.9 Å². The number of benzene rings is 1. The third kappa shape index (κ3) is 1.46. The van der Waals surface area contributed by atoms with Crippen LogP contribution in [0.25, 0.3) is 0 Å². The first kappa shape index (κ1) is 9.51. The lowest BCUT2D eigenvalue weighted by Gasteiger charge is -2.00. The highest BCUT2D eigenvalue weighted by atomic mass is 79.9. The molecule has 0 nitrogen and oxygen atoms in total. The van der Waals surface area contributed by atoms with Crippen molar-refractivity contribution in [1.29, 1.82) is 0 Å². The second-order valence-corrected chi connectivity index (χ2v) is 2.55. The molecule has 0 bridgehead atoms. The van der Waals surface area contributed by atoms with Gasteiger partial charge in [0.15, 0.2) is 23.3 Å². The van der Waals surface area contributed by atoms with E-state index < -0.39 is 23.3 Å². The molecular weight excluding hydrogens is 240 g/mol. The second kappa shape index (κ2) is 3.43. The highest BCUT2D eigenvalue weighted by Gasteiger charge is 2.18. The standard InChI is InChI=1S/C7H2BrF4/c8-2-3-1-4(9)6(11)7(12)5(3)10/h2H2. The molecule has 65 valence electrons. The zero-order valence-electron chi connectivity index (χ0n) is 5.60. The summed E-state index contributed by atoms with van der Waals surface area (Å²) < 4.78 is 49.6. The van der Waals surface area contributed by atoms with Crippen LogP contribution in [-0.4, -0.2) is 0 Å². The first-order valence-electron chi connectivity index (χ1n) is 2.88. The summed E-state index contributed by atoms with van der Waals surface area (Å²) in [4.78, 5) is 0. The molecule has 0 heterocycles. The highest BCUT2D eigenvalue weighted by Crippen LogP contribution is 2.19. The fourth-order valence-corrected chi connectivity index (χ4v) is 1.05. The summed E-state index contributed by atoms with van der Waals surface area (Å²) in [6, 6.07) is 1.73. The molecule has 1 rings (SSSR count). The molecule has 0 N–H and O–H groups in total. The summed E-state index contributed by atoms with van der Waals surface area (Å²) in [5.41, 5.74) is -0.369. The first-order chi connectivity index (χ1) is 5.57. The van der Waals surface area contributed by atoms with Gasteiger partial charge in [0.05, 0.1) is 0 Å². The summed E-state index contributed by atoms with van der Waals surface area (Å²) in [7, 11) is 0. The van der Waals surface area contributed by atoms with Crippen LogP contribution in [0.15, 0.2) is 0 Å². The Morgan fingerprint density at radius 1 is 1.00 bits per heavy atom. The van der Waals surface area contributed by atoms with Crippen molar-refractivity contribution in [3.8, 4) is 0 Å². The van der Waals surface area contributed by atoms with Gasteiger partial charge in [-0.2, -0.15) is 0 Å². The Labute approximate surface area is 74.3 Å². The molecule has 0 aliphatic heterocycles. The second-order valence-electron chi connectivity index (χ2n) is 1.99. The normalized spacial score (nSPS) is 10.4. The van der Waals surface area contributed by atoms with Crippen LogP contribution in [0.1, 0.15) is 5.56 Å². The average molecular weight is 242 g/mol. The monoisotopic (exact) mass is 241 g/mol. The fraction of sp³-hybridized carbons (Fsp3) is 0.143. The van der Waals surface area contributed by atoms with Crippen LogP contribution in [0.5, 0.6) is 0 Å². The maximum atomic E-state index is 12.6. The van der Waals surface area contributed by atoms with E-state index in [0.29, 0.717) is 0 Å². The molecule has 0 saturated carbocycles. The maximum absolute atomic E-state index is 12.6. The Hall–Kier alpha value is -0.580. The lowest BCUT2D eigenvalue weighted by atomic mass is 10.2. The van der Waals surface area contributed by atoms with Gasteiger partial charge in [0.25, 0.3) is 0 Å². The molecule has 12 heavy (non-hydrogen) atoms. The van der Waals surface area contributed by atoms with Crippen LogP contribution in [0.2, 0.25) is 0 Å². The van der Waals surface area contributed by atoms with E-state index in [-0.39, 0.29) is 10.9 Å². The molecule has 1 aromatic carbocycles. The van der Waals surface area contributed by atoms with Gasteiger partial charge in [-0.25, -0.2) is 17.6 Å². The molecule has 0 unspecified atom stereocenters. The molecule has 0 fully saturated rings. The Morgan fingerprint density at radius 2 is 1.58 bits per heavy atom. The fourth-order valence-electron chi connectivity index (χ4n) is 0.659. The van der Waals surface area contributed by atoms with E-state index in [1.165, 1.54) is 0 Å². The summed E-state index contributed by atoms with van der Waals surface area (Å²) in [5.74, 6) is -6.56. The van der Waals surface area contributed by atoms with Gasteiger partial charge in [-0.1, -0.05) is 15.9 Å². The molecular formula is C7H2BrF4. The minimum Gasteiger partial charge on any atom is -0.203 e. The molecule has 1 aromatic rings. The quantitative estimate of drug-likeness (QED) is 0.307. The average Bonchev–Trinajstić information content (AvgIpc) is 2.08. The van der Waals surface area contributed by atoms with Crippen molar-refractivity contribution < 1.29 is 17.6 Å². The lowest BCUT2D eigenvalue weighted by molar-refractivity contribution is 0.404. The summed E-state index contributed by atoms with van der Waals surface area (Å²) >= 11 is 2.77. The zero-order valence-corrected chi connectivity index (χ0v) is 7.18. The number of rotatable bonds is 1. The van der Waals surface area contributed by atoms with Gasteiger partial charge in [0.2, 0.25) is 0 Å². The number of alkyl halides is 1. The van der Waals surface area contributed by atoms with Crippen LogP contribution >= 0.6 is 15.9 Å². The van der Waals surface area contributed by atoms with Crippen molar-refractivity contribution in [3.63, 3.8) is 0 Å². The predicted molar refractivity (Wildman–Crippen MR) is 37.7 cm³/mol. The maximum Gasteiger partial charge on any atom is 0.198 e. The largest absolute Gasteiger partial charge is 0.203 e. The summed E-state index contributed by atoms with van der Waals surface area (Å²) in [6.07, 6.45) is 0. The van der Waals surface area contributed by atoms with Crippen LogP contribution in [0.4, 0.5) is 17.6 Å². The topological polar surface area (TPSA) is 0 Å². The summed E-state index contributed by atoms with van der Waals surface area (Å²) in [6.45, 7) is 0. The number of hydrogen-bond acceptors (Lipinski definition) is 0. The molecule has 0 amide bonds. The zero-order chi connectivity index (χ0) is 9.30. The van der Waals surface area contributed by atoms with E-state index in [0.717, 1.165) is 0 Å². The van der Waals surface area contributed by atoms with Crippen LogP contribution in [0, 0.1) is 29.3 Å². The van der Waals surface area contributed by atoms with Crippen molar-refractivity contribution in [2.75, 3.05) is 0 Å². The van der Waals surface area contributed by atoms with Gasteiger partial charge in [0, 0.05) is 17.0 Å². The Morgan fingerprint density at radius 3 is 2.08 bits per heavy atom. The number of halogens is 5. The SMILES string of the molecule is Fc1[c]c(CBr)c(F)c(F)c1F. The van der Waals surface area contributed by atoms with E-state index in [1.807, 2.05) is 0 Å². The molecule has 1 radical (unpaired) electrons.